The van der Waals surface area contributed by atoms with Crippen LogP contribution < -0.4 is 5.32 Å². The second-order valence-corrected chi connectivity index (χ2v) is 8.33. The Hall–Kier alpha value is -2.68. The lowest BCUT2D eigenvalue weighted by Gasteiger charge is -2.30. The molecule has 1 heterocycles. The summed E-state index contributed by atoms with van der Waals surface area (Å²) in [6.45, 7) is 2.26. The van der Waals surface area contributed by atoms with Crippen LogP contribution in [0.5, 0.6) is 0 Å². The zero-order valence-electron chi connectivity index (χ0n) is 16.4. The van der Waals surface area contributed by atoms with Crippen LogP contribution in [0.15, 0.2) is 48.5 Å². The average Bonchev–Trinajstić information content (AvgIpc) is 2.73. The van der Waals surface area contributed by atoms with Gasteiger partial charge in [0, 0.05) is 17.0 Å². The molecule has 2 aliphatic rings. The van der Waals surface area contributed by atoms with Gasteiger partial charge in [0.05, 0.1) is 16.8 Å². The van der Waals surface area contributed by atoms with Crippen LogP contribution in [0.4, 0.5) is 0 Å². The molecule has 2 atom stereocenters. The van der Waals surface area contributed by atoms with Crippen LogP contribution in [0.3, 0.4) is 0 Å². The van der Waals surface area contributed by atoms with Crippen LogP contribution in [0.2, 0.25) is 0 Å². The number of carbonyl (C=O) groups is 1. The molecule has 1 aromatic heterocycles. The summed E-state index contributed by atoms with van der Waals surface area (Å²) in [6.07, 6.45) is 6.60. The van der Waals surface area contributed by atoms with Gasteiger partial charge in [0.15, 0.2) is 0 Å². The SMILES string of the molecule is C[C@@H]1CCCC[C@H]1NC(=O)c1c2c(nc3ccccc13)-c1ccccc1CC2. The van der Waals surface area contributed by atoms with E-state index >= 15 is 0 Å². The first kappa shape index (κ1) is 17.4. The summed E-state index contributed by atoms with van der Waals surface area (Å²) in [6, 6.07) is 16.8. The molecule has 0 saturated heterocycles. The molecule has 0 radical (unpaired) electrons. The number of hydrogen-bond acceptors (Lipinski definition) is 2. The van der Waals surface area contributed by atoms with Gasteiger partial charge >= 0.3 is 0 Å². The minimum Gasteiger partial charge on any atom is -0.349 e. The van der Waals surface area contributed by atoms with Gasteiger partial charge in [-0.1, -0.05) is 62.2 Å². The highest BCUT2D eigenvalue weighted by atomic mass is 16.1. The van der Waals surface area contributed by atoms with Gasteiger partial charge in [-0.2, -0.15) is 0 Å². The maximum absolute atomic E-state index is 13.5. The third kappa shape index (κ3) is 2.90. The van der Waals surface area contributed by atoms with Gasteiger partial charge < -0.3 is 5.32 Å². The Labute approximate surface area is 166 Å². The summed E-state index contributed by atoms with van der Waals surface area (Å²) >= 11 is 0. The number of nitrogens with one attached hydrogen (secondary N) is 1. The number of benzene rings is 2. The van der Waals surface area contributed by atoms with Gasteiger partial charge in [0.25, 0.3) is 5.91 Å². The van der Waals surface area contributed by atoms with E-state index in [-0.39, 0.29) is 11.9 Å². The van der Waals surface area contributed by atoms with Crippen molar-refractivity contribution in [2.75, 3.05) is 0 Å². The highest BCUT2D eigenvalue weighted by Gasteiger charge is 2.28. The number of carbonyl (C=O) groups excluding carboxylic acids is 1. The summed E-state index contributed by atoms with van der Waals surface area (Å²) in [5.74, 6) is 0.621. The lowest BCUT2D eigenvalue weighted by Crippen LogP contribution is -2.41. The Morgan fingerprint density at radius 2 is 1.79 bits per heavy atom. The number of rotatable bonds is 2. The van der Waals surface area contributed by atoms with E-state index in [4.69, 9.17) is 4.98 Å². The van der Waals surface area contributed by atoms with E-state index in [1.54, 1.807) is 0 Å². The van der Waals surface area contributed by atoms with E-state index in [1.807, 2.05) is 24.3 Å². The predicted octanol–water partition coefficient (Wildman–Crippen LogP) is 5.31. The molecule has 142 valence electrons. The number of nitrogens with zero attached hydrogens (tertiary/aromatic N) is 1. The summed E-state index contributed by atoms with van der Waals surface area (Å²) in [5.41, 5.74) is 6.34. The lowest BCUT2D eigenvalue weighted by molar-refractivity contribution is 0.0911. The minimum atomic E-state index is 0.0768. The second kappa shape index (κ2) is 7.05. The van der Waals surface area contributed by atoms with Crippen molar-refractivity contribution in [3.63, 3.8) is 0 Å². The fourth-order valence-electron chi connectivity index (χ4n) is 4.98. The van der Waals surface area contributed by atoms with Crippen LogP contribution in [-0.4, -0.2) is 16.9 Å². The monoisotopic (exact) mass is 370 g/mol. The Balaban J connectivity index is 1.65. The van der Waals surface area contributed by atoms with Crippen LogP contribution in [0.25, 0.3) is 22.2 Å². The van der Waals surface area contributed by atoms with Crippen LogP contribution in [-0.2, 0) is 12.8 Å². The van der Waals surface area contributed by atoms with Crippen molar-refractivity contribution in [3.05, 3.63) is 65.2 Å². The zero-order chi connectivity index (χ0) is 19.1. The molecule has 0 bridgehead atoms. The summed E-state index contributed by atoms with van der Waals surface area (Å²) in [7, 11) is 0. The van der Waals surface area contributed by atoms with E-state index in [0.717, 1.165) is 47.0 Å². The van der Waals surface area contributed by atoms with Crippen LogP contribution in [0, 0.1) is 5.92 Å². The molecule has 0 aliphatic heterocycles. The maximum atomic E-state index is 13.5. The Morgan fingerprint density at radius 3 is 2.68 bits per heavy atom. The van der Waals surface area contributed by atoms with Gasteiger partial charge in [-0.15, -0.1) is 0 Å². The van der Waals surface area contributed by atoms with E-state index in [9.17, 15) is 4.79 Å². The molecule has 1 saturated carbocycles. The quantitative estimate of drug-likeness (QED) is 0.664. The molecule has 3 aromatic rings. The number of fused-ring (bicyclic) bond motifs is 4. The van der Waals surface area contributed by atoms with Crippen molar-refractivity contribution < 1.29 is 4.79 Å². The number of aryl methyl sites for hydroxylation is 1. The molecule has 0 unspecified atom stereocenters. The maximum Gasteiger partial charge on any atom is 0.252 e. The number of amides is 1. The van der Waals surface area contributed by atoms with Gasteiger partial charge in [0.2, 0.25) is 0 Å². The second-order valence-electron chi connectivity index (χ2n) is 8.33. The smallest absolute Gasteiger partial charge is 0.252 e. The number of hydrogen-bond donors (Lipinski definition) is 1. The zero-order valence-corrected chi connectivity index (χ0v) is 16.4. The van der Waals surface area contributed by atoms with Crippen molar-refractivity contribution in [1.82, 2.24) is 10.3 Å². The van der Waals surface area contributed by atoms with E-state index in [0.29, 0.717) is 5.92 Å². The Kier molecular flexibility index (Phi) is 4.38. The average molecular weight is 370 g/mol. The first-order chi connectivity index (χ1) is 13.7. The van der Waals surface area contributed by atoms with Crippen molar-refractivity contribution >= 4 is 16.8 Å². The third-order valence-electron chi connectivity index (χ3n) is 6.57. The molecule has 1 amide bonds. The number of aromatic nitrogens is 1. The van der Waals surface area contributed by atoms with Gasteiger partial charge in [-0.05, 0) is 48.8 Å². The molecule has 3 heteroatoms. The first-order valence-electron chi connectivity index (χ1n) is 10.5. The molecule has 2 aromatic carbocycles. The third-order valence-corrected chi connectivity index (χ3v) is 6.57. The van der Waals surface area contributed by atoms with E-state index in [2.05, 4.69) is 36.5 Å². The van der Waals surface area contributed by atoms with Crippen molar-refractivity contribution in [3.8, 4) is 11.3 Å². The summed E-state index contributed by atoms with van der Waals surface area (Å²) < 4.78 is 0. The van der Waals surface area contributed by atoms with Crippen LogP contribution >= 0.6 is 0 Å². The minimum absolute atomic E-state index is 0.0768. The molecule has 2 aliphatic carbocycles. The van der Waals surface area contributed by atoms with Gasteiger partial charge in [-0.25, -0.2) is 4.98 Å². The van der Waals surface area contributed by atoms with E-state index in [1.165, 1.54) is 30.4 Å². The highest BCUT2D eigenvalue weighted by molar-refractivity contribution is 6.09. The fraction of sp³-hybridized carbons (Fsp3) is 0.360. The molecule has 5 rings (SSSR count). The molecule has 0 spiro atoms. The van der Waals surface area contributed by atoms with Crippen molar-refractivity contribution in [2.24, 2.45) is 5.92 Å². The van der Waals surface area contributed by atoms with Crippen molar-refractivity contribution in [1.29, 1.82) is 0 Å². The molecular weight excluding hydrogens is 344 g/mol. The Bertz CT molecular complexity index is 1060. The molecule has 28 heavy (non-hydrogen) atoms. The first-order valence-corrected chi connectivity index (χ1v) is 10.5. The summed E-state index contributed by atoms with van der Waals surface area (Å²) in [4.78, 5) is 18.5. The normalized spacial score (nSPS) is 21.0. The lowest BCUT2D eigenvalue weighted by atomic mass is 9.83. The van der Waals surface area contributed by atoms with Crippen LogP contribution in [0.1, 0.15) is 54.1 Å². The summed E-state index contributed by atoms with van der Waals surface area (Å²) in [5, 5.41) is 4.36. The predicted molar refractivity (Wildman–Crippen MR) is 113 cm³/mol. The van der Waals surface area contributed by atoms with Gasteiger partial charge in [0.1, 0.15) is 0 Å². The van der Waals surface area contributed by atoms with E-state index < -0.39 is 0 Å². The Morgan fingerprint density at radius 1 is 1.00 bits per heavy atom. The van der Waals surface area contributed by atoms with Crippen molar-refractivity contribution in [2.45, 2.75) is 51.5 Å². The largest absolute Gasteiger partial charge is 0.349 e. The standard InChI is InChI=1S/C25H26N2O/c1-16-8-2-6-12-21(16)27-25(28)23-19-11-5-7-13-22(19)26-24-18-10-4-3-9-17(18)14-15-20(23)24/h3-5,7,9-11,13,16,21H,2,6,8,12,14-15H2,1H3,(H,27,28)/t16-,21-/m1/s1. The molecule has 1 N–H and O–H groups in total. The number of pyridine rings is 1. The van der Waals surface area contributed by atoms with Gasteiger partial charge in [-0.3, -0.25) is 4.79 Å². The molecule has 1 fully saturated rings. The number of para-hydroxylation sites is 1. The molecular formula is C25H26N2O. The fourth-order valence-corrected chi connectivity index (χ4v) is 4.98. The molecule has 3 nitrogen and oxygen atoms in total. The topological polar surface area (TPSA) is 42.0 Å². The highest BCUT2D eigenvalue weighted by Crippen LogP contribution is 2.37.